The van der Waals surface area contributed by atoms with E-state index in [0.29, 0.717) is 11.1 Å². The van der Waals surface area contributed by atoms with Crippen LogP contribution in [0.3, 0.4) is 0 Å². The lowest BCUT2D eigenvalue weighted by atomic mass is 10.1. The van der Waals surface area contributed by atoms with Gasteiger partial charge in [-0.15, -0.1) is 0 Å². The highest BCUT2D eigenvalue weighted by atomic mass is 32.2. The lowest BCUT2D eigenvalue weighted by Crippen LogP contribution is -2.11. The molecule has 8 heteroatoms. The van der Waals surface area contributed by atoms with Gasteiger partial charge in [0.15, 0.2) is 11.6 Å². The summed E-state index contributed by atoms with van der Waals surface area (Å²) in [4.78, 5) is 14.9. The lowest BCUT2D eigenvalue weighted by molar-refractivity contribution is 0.0697. The van der Waals surface area contributed by atoms with Crippen molar-refractivity contribution in [1.29, 1.82) is 0 Å². The Labute approximate surface area is 156 Å². The Balaban J connectivity index is 1.93. The minimum atomic E-state index is -4.07. The summed E-state index contributed by atoms with van der Waals surface area (Å²) in [5, 5.41) is 8.96. The summed E-state index contributed by atoms with van der Waals surface area (Å²) >= 11 is 0. The number of rotatable bonds is 5. The lowest BCUT2D eigenvalue weighted by Gasteiger charge is -2.11. The van der Waals surface area contributed by atoms with E-state index in [-0.39, 0.29) is 22.0 Å². The first-order chi connectivity index (χ1) is 12.8. The van der Waals surface area contributed by atoms with Crippen LogP contribution in [0.4, 0.5) is 5.82 Å². The number of aryl methyl sites for hydroxylation is 1. The number of nitrogens with two attached hydrogens (primary N) is 1. The molecule has 7 nitrogen and oxygen atoms in total. The maximum absolute atomic E-state index is 12.5. The fraction of sp³-hybridized carbons (Fsp3) is 0.0526. The molecule has 0 atom stereocenters. The van der Waals surface area contributed by atoms with Gasteiger partial charge in [-0.25, -0.2) is 9.78 Å². The molecule has 0 amide bonds. The quantitative estimate of drug-likeness (QED) is 0.649. The topological polar surface area (TPSA) is 120 Å². The van der Waals surface area contributed by atoms with Crippen LogP contribution >= 0.6 is 0 Å². The third kappa shape index (κ3) is 4.06. The van der Waals surface area contributed by atoms with E-state index in [1.807, 2.05) is 6.92 Å². The molecule has 27 heavy (non-hydrogen) atoms. The fourth-order valence-electron chi connectivity index (χ4n) is 2.36. The van der Waals surface area contributed by atoms with Gasteiger partial charge < -0.3 is 15.0 Å². The number of nitrogen functional groups attached to an aromatic ring is 1. The van der Waals surface area contributed by atoms with Gasteiger partial charge in [0.2, 0.25) is 0 Å². The second-order valence-corrected chi connectivity index (χ2v) is 7.39. The van der Waals surface area contributed by atoms with E-state index in [1.165, 1.54) is 36.5 Å². The second kappa shape index (κ2) is 7.08. The van der Waals surface area contributed by atoms with Crippen LogP contribution in [0.5, 0.6) is 5.75 Å². The predicted molar refractivity (Wildman–Crippen MR) is 100 cm³/mol. The number of pyridine rings is 1. The normalized spacial score (nSPS) is 11.1. The molecule has 0 aliphatic rings. The van der Waals surface area contributed by atoms with Crippen molar-refractivity contribution in [2.75, 3.05) is 5.73 Å². The molecule has 0 saturated heterocycles. The monoisotopic (exact) mass is 384 g/mol. The first-order valence-corrected chi connectivity index (χ1v) is 9.27. The Morgan fingerprint density at radius 1 is 1.04 bits per heavy atom. The molecule has 1 heterocycles. The first kappa shape index (κ1) is 18.4. The summed E-state index contributed by atoms with van der Waals surface area (Å²) in [5.41, 5.74) is 8.00. The van der Waals surface area contributed by atoms with Gasteiger partial charge in [-0.2, -0.15) is 8.42 Å². The highest BCUT2D eigenvalue weighted by Gasteiger charge is 2.19. The SMILES string of the molecule is Cc1ccc(S(=O)(=O)Oc2cc(-c3ccc(C(=O)O)cc3)cnc2N)cc1. The van der Waals surface area contributed by atoms with Crippen molar-refractivity contribution in [3.05, 3.63) is 71.9 Å². The maximum Gasteiger partial charge on any atom is 0.339 e. The van der Waals surface area contributed by atoms with Crippen LogP contribution in [-0.2, 0) is 10.1 Å². The summed E-state index contributed by atoms with van der Waals surface area (Å²) in [6.07, 6.45) is 1.45. The van der Waals surface area contributed by atoms with Crippen LogP contribution in [0.15, 0.2) is 65.7 Å². The molecule has 0 bridgehead atoms. The van der Waals surface area contributed by atoms with Crippen molar-refractivity contribution in [3.63, 3.8) is 0 Å². The van der Waals surface area contributed by atoms with E-state index in [9.17, 15) is 13.2 Å². The highest BCUT2D eigenvalue weighted by Crippen LogP contribution is 2.29. The van der Waals surface area contributed by atoms with Gasteiger partial charge in [-0.05, 0) is 42.8 Å². The minimum Gasteiger partial charge on any atom is -0.478 e. The Bertz CT molecular complexity index is 1090. The summed E-state index contributed by atoms with van der Waals surface area (Å²) in [5.74, 6) is -1.21. The molecule has 3 rings (SSSR count). The van der Waals surface area contributed by atoms with Crippen LogP contribution in [0.25, 0.3) is 11.1 Å². The van der Waals surface area contributed by atoms with Gasteiger partial charge in [0.1, 0.15) is 4.90 Å². The number of carboxylic acids is 1. The largest absolute Gasteiger partial charge is 0.478 e. The van der Waals surface area contributed by atoms with Crippen molar-refractivity contribution >= 4 is 21.9 Å². The molecular formula is C19H16N2O5S. The second-order valence-electron chi connectivity index (χ2n) is 5.84. The molecule has 0 spiro atoms. The molecule has 0 aliphatic carbocycles. The Hall–Kier alpha value is -3.39. The van der Waals surface area contributed by atoms with Crippen LogP contribution < -0.4 is 9.92 Å². The van der Waals surface area contributed by atoms with E-state index < -0.39 is 16.1 Å². The van der Waals surface area contributed by atoms with Crippen molar-refractivity contribution in [2.45, 2.75) is 11.8 Å². The number of hydrogen-bond donors (Lipinski definition) is 2. The minimum absolute atomic E-state index is 0.00344. The van der Waals surface area contributed by atoms with Crippen LogP contribution in [-0.4, -0.2) is 24.5 Å². The predicted octanol–water partition coefficient (Wildman–Crippen LogP) is 3.11. The van der Waals surface area contributed by atoms with Crippen LogP contribution in [0.2, 0.25) is 0 Å². The van der Waals surface area contributed by atoms with E-state index in [4.69, 9.17) is 15.0 Å². The zero-order chi connectivity index (χ0) is 19.6. The van der Waals surface area contributed by atoms with E-state index in [1.54, 1.807) is 24.3 Å². The summed E-state index contributed by atoms with van der Waals surface area (Å²) in [7, 11) is -4.07. The van der Waals surface area contributed by atoms with Crippen molar-refractivity contribution < 1.29 is 22.5 Å². The molecule has 0 saturated carbocycles. The van der Waals surface area contributed by atoms with Crippen molar-refractivity contribution in [1.82, 2.24) is 4.98 Å². The number of aromatic nitrogens is 1. The van der Waals surface area contributed by atoms with Gasteiger partial charge in [0.25, 0.3) is 0 Å². The van der Waals surface area contributed by atoms with Crippen LogP contribution in [0, 0.1) is 6.92 Å². The smallest absolute Gasteiger partial charge is 0.339 e. The van der Waals surface area contributed by atoms with E-state index in [0.717, 1.165) is 5.56 Å². The number of nitrogens with zero attached hydrogens (tertiary/aromatic N) is 1. The molecule has 0 unspecified atom stereocenters. The number of anilines is 1. The van der Waals surface area contributed by atoms with Gasteiger partial charge in [-0.1, -0.05) is 29.8 Å². The van der Waals surface area contributed by atoms with Crippen molar-refractivity contribution in [2.24, 2.45) is 0 Å². The fourth-order valence-corrected chi connectivity index (χ4v) is 3.29. The maximum atomic E-state index is 12.5. The number of hydrogen-bond acceptors (Lipinski definition) is 6. The molecule has 138 valence electrons. The summed E-state index contributed by atoms with van der Waals surface area (Å²) < 4.78 is 30.1. The molecule has 3 N–H and O–H groups in total. The summed E-state index contributed by atoms with van der Waals surface area (Å²) in [6, 6.07) is 13.7. The molecule has 0 radical (unpaired) electrons. The van der Waals surface area contributed by atoms with E-state index >= 15 is 0 Å². The standard InChI is InChI=1S/C19H16N2O5S/c1-12-2-8-16(9-3-12)27(24,25)26-17-10-15(11-21-18(17)20)13-4-6-14(7-5-13)19(22)23/h2-11H,1H3,(H2,20,21)(H,22,23). The molecule has 3 aromatic rings. The Morgan fingerprint density at radius 3 is 2.26 bits per heavy atom. The third-order valence-electron chi connectivity index (χ3n) is 3.86. The number of benzene rings is 2. The summed E-state index contributed by atoms with van der Waals surface area (Å²) in [6.45, 7) is 1.85. The Morgan fingerprint density at radius 2 is 1.67 bits per heavy atom. The molecule has 2 aromatic carbocycles. The molecule has 0 aliphatic heterocycles. The zero-order valence-corrected chi connectivity index (χ0v) is 15.1. The highest BCUT2D eigenvalue weighted by molar-refractivity contribution is 7.87. The van der Waals surface area contributed by atoms with E-state index in [2.05, 4.69) is 4.98 Å². The van der Waals surface area contributed by atoms with Gasteiger partial charge in [-0.3, -0.25) is 0 Å². The molecule has 0 fully saturated rings. The third-order valence-corrected chi connectivity index (χ3v) is 5.10. The van der Waals surface area contributed by atoms with Gasteiger partial charge in [0.05, 0.1) is 5.56 Å². The average Bonchev–Trinajstić information content (AvgIpc) is 2.64. The molecular weight excluding hydrogens is 368 g/mol. The average molecular weight is 384 g/mol. The number of aromatic carboxylic acids is 1. The Kier molecular flexibility index (Phi) is 4.83. The zero-order valence-electron chi connectivity index (χ0n) is 14.3. The number of carbonyl (C=O) groups is 1. The van der Waals surface area contributed by atoms with Gasteiger partial charge >= 0.3 is 16.1 Å². The number of carboxylic acid groups (broad SMARTS) is 1. The van der Waals surface area contributed by atoms with Gasteiger partial charge in [0, 0.05) is 11.8 Å². The molecule has 1 aromatic heterocycles. The van der Waals surface area contributed by atoms with Crippen LogP contribution in [0.1, 0.15) is 15.9 Å². The first-order valence-electron chi connectivity index (χ1n) is 7.87. The van der Waals surface area contributed by atoms with Crippen molar-refractivity contribution in [3.8, 4) is 16.9 Å².